The third-order valence-corrected chi connectivity index (χ3v) is 4.33. The van der Waals surface area contributed by atoms with Crippen molar-refractivity contribution in [3.05, 3.63) is 78.0 Å². The first-order chi connectivity index (χ1) is 10.7. The molecule has 2 aromatic rings. The van der Waals surface area contributed by atoms with E-state index in [2.05, 4.69) is 23.0 Å². The van der Waals surface area contributed by atoms with Gasteiger partial charge in [0.25, 0.3) is 0 Å². The smallest absolute Gasteiger partial charge is 0.129 e. The minimum absolute atomic E-state index is 0.170. The number of para-hydroxylation sites is 1. The molecular weight excluding hydrogens is 290 g/mol. The highest BCUT2D eigenvalue weighted by Gasteiger charge is 2.20. The maximum absolute atomic E-state index is 6.55. The van der Waals surface area contributed by atoms with Gasteiger partial charge in [-0.2, -0.15) is 0 Å². The van der Waals surface area contributed by atoms with Crippen molar-refractivity contribution < 1.29 is 0 Å². The summed E-state index contributed by atoms with van der Waals surface area (Å²) < 4.78 is 0. The summed E-state index contributed by atoms with van der Waals surface area (Å²) in [5, 5.41) is 0. The molecule has 1 unspecified atom stereocenters. The number of hydrogen-bond acceptors (Lipinski definition) is 1. The lowest BCUT2D eigenvalue weighted by molar-refractivity contribution is 0.943. The number of alkyl halides is 1. The molecule has 2 heteroatoms. The molecule has 0 N–H and O–H groups in total. The number of benzene rings is 2. The van der Waals surface area contributed by atoms with Crippen molar-refractivity contribution in [1.82, 2.24) is 0 Å². The summed E-state index contributed by atoms with van der Waals surface area (Å²) in [7, 11) is 0. The van der Waals surface area contributed by atoms with Crippen molar-refractivity contribution in [2.24, 2.45) is 0 Å². The lowest BCUT2D eigenvalue weighted by atomic mass is 10.0. The Kier molecular flexibility index (Phi) is 4.04. The van der Waals surface area contributed by atoms with E-state index < -0.39 is 0 Å². The van der Waals surface area contributed by atoms with Crippen LogP contribution in [0.5, 0.6) is 0 Å². The fourth-order valence-electron chi connectivity index (χ4n) is 2.55. The maximum atomic E-state index is 6.55. The molecule has 1 aliphatic rings. The summed E-state index contributed by atoms with van der Waals surface area (Å²) in [4.78, 5) is 2.08. The Hall–Kier alpha value is -2.43. The molecule has 0 radical (unpaired) electrons. The normalized spacial score (nSPS) is 17.0. The number of halogens is 1. The average Bonchev–Trinajstić information content (AvgIpc) is 2.57. The lowest BCUT2D eigenvalue weighted by Gasteiger charge is -2.30. The van der Waals surface area contributed by atoms with E-state index in [-0.39, 0.29) is 5.50 Å². The van der Waals surface area contributed by atoms with Crippen molar-refractivity contribution in [2.75, 3.05) is 4.90 Å². The van der Waals surface area contributed by atoms with Crippen LogP contribution < -0.4 is 4.90 Å². The molecule has 0 amide bonds. The zero-order chi connectivity index (χ0) is 15.5. The van der Waals surface area contributed by atoms with Gasteiger partial charge in [-0.3, -0.25) is 0 Å². The minimum Gasteiger partial charge on any atom is -0.327 e. The molecule has 0 aliphatic carbocycles. The molecule has 3 rings (SSSR count). The highest BCUT2D eigenvalue weighted by Crippen LogP contribution is 2.35. The van der Waals surface area contributed by atoms with E-state index >= 15 is 0 Å². The Bertz CT molecular complexity index is 778. The Morgan fingerprint density at radius 2 is 1.82 bits per heavy atom. The van der Waals surface area contributed by atoms with E-state index in [9.17, 15) is 0 Å². The van der Waals surface area contributed by atoms with Crippen LogP contribution in [0.15, 0.2) is 72.5 Å². The van der Waals surface area contributed by atoms with Crippen LogP contribution >= 0.6 is 11.6 Å². The van der Waals surface area contributed by atoms with Crippen LogP contribution in [0.25, 0.3) is 11.1 Å². The van der Waals surface area contributed by atoms with Gasteiger partial charge in [0.15, 0.2) is 0 Å². The fourth-order valence-corrected chi connectivity index (χ4v) is 2.80. The maximum Gasteiger partial charge on any atom is 0.129 e. The third kappa shape index (κ3) is 2.66. The number of terminal acetylenes is 1. The van der Waals surface area contributed by atoms with Gasteiger partial charge in [0, 0.05) is 17.3 Å². The quantitative estimate of drug-likeness (QED) is 0.420. The largest absolute Gasteiger partial charge is 0.327 e. The van der Waals surface area contributed by atoms with Crippen molar-refractivity contribution in [3.63, 3.8) is 0 Å². The van der Waals surface area contributed by atoms with Crippen molar-refractivity contribution in [3.8, 4) is 23.5 Å². The molecule has 22 heavy (non-hydrogen) atoms. The molecule has 1 heterocycles. The molecule has 0 spiro atoms. The third-order valence-electron chi connectivity index (χ3n) is 3.77. The van der Waals surface area contributed by atoms with Gasteiger partial charge in [0.2, 0.25) is 0 Å². The van der Waals surface area contributed by atoms with Crippen LogP contribution in [-0.2, 0) is 0 Å². The summed E-state index contributed by atoms with van der Waals surface area (Å²) in [5.74, 6) is 2.65. The molecule has 0 saturated carbocycles. The van der Waals surface area contributed by atoms with Crippen LogP contribution in [0.2, 0.25) is 0 Å². The molecule has 1 nitrogen and oxygen atoms in total. The van der Waals surface area contributed by atoms with E-state index in [0.717, 1.165) is 28.0 Å². The number of nitrogens with zero attached hydrogens (tertiary/aromatic N) is 1. The van der Waals surface area contributed by atoms with Crippen LogP contribution in [0.4, 0.5) is 5.69 Å². The van der Waals surface area contributed by atoms with E-state index in [1.165, 1.54) is 0 Å². The van der Waals surface area contributed by atoms with Gasteiger partial charge in [0.05, 0.1) is 5.69 Å². The fraction of sp³-hybridized carbons (Fsp3) is 0.100. The molecule has 108 valence electrons. The highest BCUT2D eigenvalue weighted by atomic mass is 35.5. The topological polar surface area (TPSA) is 3.24 Å². The van der Waals surface area contributed by atoms with Gasteiger partial charge >= 0.3 is 0 Å². The second-order valence-corrected chi connectivity index (χ2v) is 5.65. The zero-order valence-electron chi connectivity index (χ0n) is 12.3. The molecular formula is C20H16ClN. The van der Waals surface area contributed by atoms with Crippen LogP contribution in [0.3, 0.4) is 0 Å². The Morgan fingerprint density at radius 3 is 2.55 bits per heavy atom. The van der Waals surface area contributed by atoms with Crippen molar-refractivity contribution in [2.45, 2.75) is 12.4 Å². The SMILES string of the molecule is C#Cc1ccc(-c2ccccc2N2C=CC=C(C)C2Cl)cc1. The average molecular weight is 306 g/mol. The highest BCUT2D eigenvalue weighted by molar-refractivity contribution is 6.24. The van der Waals surface area contributed by atoms with Crippen molar-refractivity contribution >= 4 is 17.3 Å². The number of anilines is 1. The van der Waals surface area contributed by atoms with E-state index in [0.29, 0.717) is 0 Å². The van der Waals surface area contributed by atoms with E-state index in [1.54, 1.807) is 0 Å². The number of allylic oxidation sites excluding steroid dienone is 2. The van der Waals surface area contributed by atoms with E-state index in [1.807, 2.05) is 61.7 Å². The molecule has 0 bridgehead atoms. The standard InChI is InChI=1S/C20H16ClN/c1-3-16-10-12-17(13-11-16)18-8-4-5-9-19(18)22-14-6-7-15(2)20(22)21/h1,4-14,20H,2H3. The predicted octanol–water partition coefficient (Wildman–Crippen LogP) is 5.18. The van der Waals surface area contributed by atoms with Gasteiger partial charge in [-0.1, -0.05) is 53.9 Å². The van der Waals surface area contributed by atoms with Crippen LogP contribution in [0, 0.1) is 12.3 Å². The summed E-state index contributed by atoms with van der Waals surface area (Å²) in [6, 6.07) is 16.3. The Balaban J connectivity index is 2.05. The van der Waals surface area contributed by atoms with Crippen molar-refractivity contribution in [1.29, 1.82) is 0 Å². The molecule has 2 aromatic carbocycles. The zero-order valence-corrected chi connectivity index (χ0v) is 13.1. The second-order valence-electron chi connectivity index (χ2n) is 5.23. The summed E-state index contributed by atoms with van der Waals surface area (Å²) >= 11 is 6.55. The van der Waals surface area contributed by atoms with Crippen LogP contribution in [-0.4, -0.2) is 5.50 Å². The van der Waals surface area contributed by atoms with Gasteiger partial charge in [-0.05, 0) is 42.3 Å². The first-order valence-electron chi connectivity index (χ1n) is 7.14. The van der Waals surface area contributed by atoms with Gasteiger partial charge in [0.1, 0.15) is 5.50 Å². The van der Waals surface area contributed by atoms with Gasteiger partial charge < -0.3 is 4.90 Å². The van der Waals surface area contributed by atoms with Gasteiger partial charge in [-0.25, -0.2) is 0 Å². The van der Waals surface area contributed by atoms with Crippen LogP contribution in [0.1, 0.15) is 12.5 Å². The lowest BCUT2D eigenvalue weighted by Crippen LogP contribution is -2.28. The summed E-state index contributed by atoms with van der Waals surface area (Å²) in [6.07, 6.45) is 11.5. The Morgan fingerprint density at radius 1 is 1.09 bits per heavy atom. The van der Waals surface area contributed by atoms with Gasteiger partial charge in [-0.15, -0.1) is 6.42 Å². The molecule has 0 aromatic heterocycles. The molecule has 0 saturated heterocycles. The number of hydrogen-bond donors (Lipinski definition) is 0. The Labute approximate surface area is 136 Å². The monoisotopic (exact) mass is 305 g/mol. The van der Waals surface area contributed by atoms with E-state index in [4.69, 9.17) is 18.0 Å². The number of rotatable bonds is 2. The first-order valence-corrected chi connectivity index (χ1v) is 7.58. The first kappa shape index (κ1) is 14.5. The molecule has 1 aliphatic heterocycles. The summed E-state index contributed by atoms with van der Waals surface area (Å²) in [5.41, 5.74) is 5.18. The minimum atomic E-state index is -0.170. The molecule has 1 atom stereocenters. The predicted molar refractivity (Wildman–Crippen MR) is 94.8 cm³/mol. The molecule has 0 fully saturated rings. The summed E-state index contributed by atoms with van der Waals surface area (Å²) in [6.45, 7) is 2.04. The second kappa shape index (κ2) is 6.13.